The zero-order chi connectivity index (χ0) is 26.5. The number of carbonyl (C=O) groups excluding carboxylic acids is 1. The molecule has 0 aromatic heterocycles. The number of halogens is 1. The summed E-state index contributed by atoms with van der Waals surface area (Å²) in [6.07, 6.45) is 1.85. The highest BCUT2D eigenvalue weighted by molar-refractivity contribution is 5.89. The molecule has 0 aliphatic carbocycles. The Morgan fingerprint density at radius 2 is 1.61 bits per heavy atom. The number of aliphatic hydroxyl groups excluding tert-OH is 1. The smallest absolute Gasteiger partial charge is 0.321 e. The third-order valence-corrected chi connectivity index (χ3v) is 7.49. The Bertz CT molecular complexity index is 1300. The van der Waals surface area contributed by atoms with Gasteiger partial charge in [-0.1, -0.05) is 24.0 Å². The van der Waals surface area contributed by atoms with Crippen LogP contribution in [0.1, 0.15) is 35.4 Å². The SMILES string of the molecule is COc1ccc(C#Cc2ccc([C@H]3[C@H](CO)N4CCCCN(C(=O)Nc5ccc(F)cc5)C[C@@H]34)cc2)cc1. The Hall–Kier alpha value is -3.86. The summed E-state index contributed by atoms with van der Waals surface area (Å²) in [6.45, 7) is 2.20. The molecule has 2 fully saturated rings. The van der Waals surface area contributed by atoms with Gasteiger partial charge in [0.25, 0.3) is 0 Å². The van der Waals surface area contributed by atoms with Crippen molar-refractivity contribution in [3.8, 4) is 17.6 Å². The second kappa shape index (κ2) is 11.7. The number of aliphatic hydroxyl groups is 1. The first kappa shape index (κ1) is 25.8. The molecule has 0 unspecified atom stereocenters. The molecular formula is C31H32FN3O3. The maximum atomic E-state index is 13.3. The average molecular weight is 514 g/mol. The van der Waals surface area contributed by atoms with Crippen LogP contribution in [0.15, 0.2) is 72.8 Å². The number of fused-ring (bicyclic) bond motifs is 1. The van der Waals surface area contributed by atoms with Crippen LogP contribution < -0.4 is 10.1 Å². The molecule has 0 radical (unpaired) electrons. The summed E-state index contributed by atoms with van der Waals surface area (Å²) in [4.78, 5) is 17.3. The monoisotopic (exact) mass is 513 g/mol. The lowest BCUT2D eigenvalue weighted by Gasteiger charge is -2.57. The normalized spacial score (nSPS) is 21.1. The number of benzene rings is 3. The Morgan fingerprint density at radius 3 is 2.24 bits per heavy atom. The Morgan fingerprint density at radius 1 is 0.974 bits per heavy atom. The Balaban J connectivity index is 1.30. The summed E-state index contributed by atoms with van der Waals surface area (Å²) in [5.74, 6) is 6.97. The van der Waals surface area contributed by atoms with Gasteiger partial charge in [0.2, 0.25) is 0 Å². The Labute approximate surface area is 223 Å². The highest BCUT2D eigenvalue weighted by Crippen LogP contribution is 2.42. The van der Waals surface area contributed by atoms with Crippen molar-refractivity contribution in [2.75, 3.05) is 38.7 Å². The molecule has 2 heterocycles. The molecule has 3 aromatic rings. The van der Waals surface area contributed by atoms with Gasteiger partial charge < -0.3 is 20.1 Å². The third kappa shape index (κ3) is 5.67. The summed E-state index contributed by atoms with van der Waals surface area (Å²) in [6, 6.07) is 21.6. The van der Waals surface area contributed by atoms with E-state index < -0.39 is 0 Å². The maximum Gasteiger partial charge on any atom is 0.321 e. The predicted molar refractivity (Wildman–Crippen MR) is 146 cm³/mol. The van der Waals surface area contributed by atoms with Crippen LogP contribution in [0.25, 0.3) is 0 Å². The lowest BCUT2D eigenvalue weighted by molar-refractivity contribution is -0.0585. The number of hydrogen-bond donors (Lipinski definition) is 2. The van der Waals surface area contributed by atoms with Gasteiger partial charge in [0.15, 0.2) is 0 Å². The predicted octanol–water partition coefficient (Wildman–Crippen LogP) is 4.69. The number of rotatable bonds is 4. The van der Waals surface area contributed by atoms with Crippen molar-refractivity contribution in [2.24, 2.45) is 0 Å². The van der Waals surface area contributed by atoms with Crippen LogP contribution in [0.2, 0.25) is 0 Å². The molecule has 2 N–H and O–H groups in total. The van der Waals surface area contributed by atoms with Crippen molar-refractivity contribution in [2.45, 2.75) is 30.8 Å². The van der Waals surface area contributed by atoms with E-state index in [-0.39, 0.29) is 36.5 Å². The van der Waals surface area contributed by atoms with Crippen LogP contribution >= 0.6 is 0 Å². The standard InChI is InChI=1S/C31H32FN3O3/c1-38-27-16-8-23(9-17-27)5-4-22-6-10-24(11-7-22)30-28-20-34(18-2-3-19-35(28)29(30)21-36)31(37)33-26-14-12-25(32)13-15-26/h6-17,28-30,36H,2-3,18-21H2,1H3,(H,33,37)/t28-,29-,30+/m0/s1. The van der Waals surface area contributed by atoms with Gasteiger partial charge in [0, 0.05) is 47.9 Å². The number of anilines is 1. The zero-order valence-corrected chi connectivity index (χ0v) is 21.4. The number of carbonyl (C=O) groups is 1. The maximum absolute atomic E-state index is 13.3. The van der Waals surface area contributed by atoms with Gasteiger partial charge in [-0.15, -0.1) is 0 Å². The lowest BCUT2D eigenvalue weighted by Crippen LogP contribution is -2.68. The molecule has 3 atom stereocenters. The van der Waals surface area contributed by atoms with E-state index in [0.717, 1.165) is 41.8 Å². The molecular weight excluding hydrogens is 481 g/mol. The number of nitrogens with one attached hydrogen (secondary N) is 1. The molecule has 196 valence electrons. The minimum Gasteiger partial charge on any atom is -0.497 e. The Kier molecular flexibility index (Phi) is 7.92. The molecule has 2 saturated heterocycles. The molecule has 3 aromatic carbocycles. The molecule has 7 heteroatoms. The fraction of sp³-hybridized carbons (Fsp3) is 0.323. The van der Waals surface area contributed by atoms with E-state index in [1.807, 2.05) is 41.3 Å². The fourth-order valence-electron chi connectivity index (χ4n) is 5.47. The number of methoxy groups -OCH3 is 1. The largest absolute Gasteiger partial charge is 0.497 e. The summed E-state index contributed by atoms with van der Waals surface area (Å²) in [7, 11) is 1.64. The molecule has 0 spiro atoms. The van der Waals surface area contributed by atoms with Crippen LogP contribution in [0.4, 0.5) is 14.9 Å². The highest BCUT2D eigenvalue weighted by atomic mass is 19.1. The second-order valence-electron chi connectivity index (χ2n) is 9.77. The van der Waals surface area contributed by atoms with Crippen LogP contribution in [0.5, 0.6) is 5.75 Å². The molecule has 5 rings (SSSR count). The first-order chi connectivity index (χ1) is 18.6. The molecule has 38 heavy (non-hydrogen) atoms. The minimum atomic E-state index is -0.338. The highest BCUT2D eigenvalue weighted by Gasteiger charge is 2.49. The van der Waals surface area contributed by atoms with Gasteiger partial charge in [0.05, 0.1) is 13.7 Å². The van der Waals surface area contributed by atoms with E-state index in [0.29, 0.717) is 18.8 Å². The number of nitrogens with zero attached hydrogens (tertiary/aromatic N) is 2. The number of hydrogen-bond acceptors (Lipinski definition) is 4. The van der Waals surface area contributed by atoms with Crippen molar-refractivity contribution in [1.29, 1.82) is 0 Å². The number of ether oxygens (including phenoxy) is 1. The summed E-state index contributed by atoms with van der Waals surface area (Å²) in [5, 5.41) is 13.1. The van der Waals surface area contributed by atoms with Gasteiger partial charge >= 0.3 is 6.03 Å². The van der Waals surface area contributed by atoms with Gasteiger partial charge in [-0.2, -0.15) is 0 Å². The second-order valence-corrected chi connectivity index (χ2v) is 9.77. The van der Waals surface area contributed by atoms with Crippen LogP contribution in [0, 0.1) is 17.7 Å². The van der Waals surface area contributed by atoms with E-state index in [9.17, 15) is 14.3 Å². The first-order valence-corrected chi connectivity index (χ1v) is 13.0. The fourth-order valence-corrected chi connectivity index (χ4v) is 5.47. The first-order valence-electron chi connectivity index (χ1n) is 13.0. The van der Waals surface area contributed by atoms with Crippen molar-refractivity contribution >= 4 is 11.7 Å². The third-order valence-electron chi connectivity index (χ3n) is 7.49. The molecule has 2 aliphatic heterocycles. The molecule has 6 nitrogen and oxygen atoms in total. The van der Waals surface area contributed by atoms with Gasteiger partial charge in [-0.3, -0.25) is 4.90 Å². The van der Waals surface area contributed by atoms with E-state index in [4.69, 9.17) is 4.74 Å². The quantitative estimate of drug-likeness (QED) is 0.497. The van der Waals surface area contributed by atoms with Crippen LogP contribution in [-0.2, 0) is 0 Å². The van der Waals surface area contributed by atoms with Gasteiger partial charge in [-0.25, -0.2) is 9.18 Å². The zero-order valence-electron chi connectivity index (χ0n) is 21.4. The minimum absolute atomic E-state index is 0.0244. The van der Waals surface area contributed by atoms with Gasteiger partial charge in [0.1, 0.15) is 11.6 Å². The summed E-state index contributed by atoms with van der Waals surface area (Å²) in [5.41, 5.74) is 3.54. The van der Waals surface area contributed by atoms with E-state index >= 15 is 0 Å². The number of amides is 2. The van der Waals surface area contributed by atoms with Crippen LogP contribution in [-0.4, -0.2) is 66.4 Å². The van der Waals surface area contributed by atoms with E-state index in [1.165, 1.54) is 12.1 Å². The van der Waals surface area contributed by atoms with Crippen LogP contribution in [0.3, 0.4) is 0 Å². The van der Waals surface area contributed by atoms with E-state index in [1.54, 1.807) is 19.2 Å². The van der Waals surface area contributed by atoms with E-state index in [2.05, 4.69) is 34.2 Å². The average Bonchev–Trinajstić information content (AvgIpc) is 2.93. The van der Waals surface area contributed by atoms with Crippen molar-refractivity contribution in [3.05, 3.63) is 95.3 Å². The number of urea groups is 1. The topological polar surface area (TPSA) is 65.0 Å². The van der Waals surface area contributed by atoms with Crippen molar-refractivity contribution in [1.82, 2.24) is 9.80 Å². The summed E-state index contributed by atoms with van der Waals surface area (Å²) >= 11 is 0. The van der Waals surface area contributed by atoms with Crippen molar-refractivity contribution < 1.29 is 19.0 Å². The molecule has 2 amide bonds. The molecule has 2 aliphatic rings. The molecule has 0 bridgehead atoms. The molecule has 0 saturated carbocycles. The lowest BCUT2D eigenvalue weighted by atomic mass is 9.74. The van der Waals surface area contributed by atoms with Crippen molar-refractivity contribution in [3.63, 3.8) is 0 Å². The summed E-state index contributed by atoms with van der Waals surface area (Å²) < 4.78 is 18.5. The van der Waals surface area contributed by atoms with Gasteiger partial charge in [-0.05, 0) is 85.6 Å².